The van der Waals surface area contributed by atoms with Gasteiger partial charge in [0.2, 0.25) is 0 Å². The molecule has 0 saturated heterocycles. The standard InChI is InChI=1S/C21H28O3/c1-13(22)24-15-8-10-20(2)14(12-15)4-5-16-17-6-7-19(23)21(17,3)11-9-18(16)20/h4-5,8,10,12,15-19,23H,6-7,9,11H2,1-3H3/t15?,16-,17-,18-,19?,20-,21-/m0/s1. The monoisotopic (exact) mass is 328 g/mol. The Labute approximate surface area is 144 Å². The predicted molar refractivity (Wildman–Crippen MR) is 93.1 cm³/mol. The number of aliphatic hydroxyl groups is 1. The third kappa shape index (κ3) is 2.17. The molecule has 0 aromatic heterocycles. The molecule has 0 aliphatic heterocycles. The summed E-state index contributed by atoms with van der Waals surface area (Å²) in [5, 5.41) is 10.5. The summed E-state index contributed by atoms with van der Waals surface area (Å²) < 4.78 is 5.35. The van der Waals surface area contributed by atoms with Crippen LogP contribution in [0.25, 0.3) is 0 Å². The summed E-state index contributed by atoms with van der Waals surface area (Å²) in [6.07, 6.45) is 15.0. The zero-order chi connectivity index (χ0) is 17.1. The highest BCUT2D eigenvalue weighted by Crippen LogP contribution is 2.62. The fraction of sp³-hybridized carbons (Fsp3) is 0.667. The number of hydrogen-bond acceptors (Lipinski definition) is 3. The van der Waals surface area contributed by atoms with Gasteiger partial charge in [-0.25, -0.2) is 0 Å². The van der Waals surface area contributed by atoms with Crippen LogP contribution in [0.1, 0.15) is 46.5 Å². The first-order valence-electron chi connectivity index (χ1n) is 9.30. The molecule has 7 atom stereocenters. The van der Waals surface area contributed by atoms with E-state index in [0.717, 1.165) is 25.7 Å². The number of carbonyl (C=O) groups excluding carboxylic acids is 1. The third-order valence-electron chi connectivity index (χ3n) is 7.45. The molecule has 4 aliphatic rings. The highest BCUT2D eigenvalue weighted by atomic mass is 16.5. The molecule has 4 rings (SSSR count). The molecule has 1 N–H and O–H groups in total. The van der Waals surface area contributed by atoms with Crippen LogP contribution >= 0.6 is 0 Å². The molecular formula is C21H28O3. The fourth-order valence-corrected chi connectivity index (χ4v) is 5.99. The maximum Gasteiger partial charge on any atom is 0.303 e. The maximum absolute atomic E-state index is 11.2. The lowest BCUT2D eigenvalue weighted by Gasteiger charge is -2.54. The van der Waals surface area contributed by atoms with Crippen molar-refractivity contribution in [3.05, 3.63) is 36.0 Å². The lowest BCUT2D eigenvalue weighted by Crippen LogP contribution is -2.49. The Bertz CT molecular complexity index is 645. The van der Waals surface area contributed by atoms with Gasteiger partial charge in [-0.3, -0.25) is 4.79 Å². The number of hydrogen-bond donors (Lipinski definition) is 1. The Balaban J connectivity index is 1.67. The summed E-state index contributed by atoms with van der Waals surface area (Å²) in [5.41, 5.74) is 1.38. The van der Waals surface area contributed by atoms with Crippen LogP contribution in [0, 0.1) is 28.6 Å². The molecule has 0 heterocycles. The van der Waals surface area contributed by atoms with Crippen molar-refractivity contribution in [1.82, 2.24) is 0 Å². The third-order valence-corrected chi connectivity index (χ3v) is 7.45. The SMILES string of the molecule is CC(=O)OC1C=C[C@@]2(C)C(=C1)C=C[C@@H]1[C@@H]2CC[C@]2(C)C(O)CC[C@@H]12. The van der Waals surface area contributed by atoms with E-state index in [1.807, 2.05) is 6.08 Å². The zero-order valence-corrected chi connectivity index (χ0v) is 14.9. The Morgan fingerprint density at radius 3 is 2.75 bits per heavy atom. The second kappa shape index (κ2) is 5.32. The van der Waals surface area contributed by atoms with Crippen molar-refractivity contribution in [3.8, 4) is 0 Å². The van der Waals surface area contributed by atoms with Gasteiger partial charge in [0.25, 0.3) is 0 Å². The van der Waals surface area contributed by atoms with E-state index in [-0.39, 0.29) is 29.0 Å². The molecule has 0 spiro atoms. The Morgan fingerprint density at radius 2 is 2.00 bits per heavy atom. The van der Waals surface area contributed by atoms with Gasteiger partial charge in [-0.15, -0.1) is 0 Å². The lowest BCUT2D eigenvalue weighted by molar-refractivity contribution is -0.142. The van der Waals surface area contributed by atoms with Gasteiger partial charge >= 0.3 is 5.97 Å². The number of allylic oxidation sites excluding steroid dienone is 4. The van der Waals surface area contributed by atoms with E-state index in [9.17, 15) is 9.90 Å². The van der Waals surface area contributed by atoms with Crippen LogP contribution in [-0.2, 0) is 9.53 Å². The molecule has 3 heteroatoms. The van der Waals surface area contributed by atoms with E-state index in [0.29, 0.717) is 17.8 Å². The Kier molecular flexibility index (Phi) is 3.58. The highest BCUT2D eigenvalue weighted by Gasteiger charge is 2.57. The van der Waals surface area contributed by atoms with Crippen LogP contribution in [-0.4, -0.2) is 23.3 Å². The van der Waals surface area contributed by atoms with Crippen molar-refractivity contribution in [2.24, 2.45) is 28.6 Å². The highest BCUT2D eigenvalue weighted by molar-refractivity contribution is 5.66. The number of fused-ring (bicyclic) bond motifs is 5. The first-order valence-corrected chi connectivity index (χ1v) is 9.30. The summed E-state index contributed by atoms with van der Waals surface area (Å²) in [6, 6.07) is 0. The maximum atomic E-state index is 11.2. The molecule has 130 valence electrons. The second-order valence-electron chi connectivity index (χ2n) is 8.62. The first-order chi connectivity index (χ1) is 11.3. The summed E-state index contributed by atoms with van der Waals surface area (Å²) in [5.74, 6) is 1.46. The summed E-state index contributed by atoms with van der Waals surface area (Å²) in [7, 11) is 0. The molecule has 0 aromatic rings. The topological polar surface area (TPSA) is 46.5 Å². The van der Waals surface area contributed by atoms with Gasteiger partial charge < -0.3 is 9.84 Å². The van der Waals surface area contributed by atoms with Crippen LogP contribution in [0.5, 0.6) is 0 Å². The van der Waals surface area contributed by atoms with Crippen molar-refractivity contribution < 1.29 is 14.6 Å². The molecule has 2 saturated carbocycles. The molecule has 24 heavy (non-hydrogen) atoms. The van der Waals surface area contributed by atoms with Gasteiger partial charge in [-0.2, -0.15) is 0 Å². The normalized spacial score (nSPS) is 49.0. The number of esters is 1. The largest absolute Gasteiger partial charge is 0.454 e. The van der Waals surface area contributed by atoms with Gasteiger partial charge in [0.15, 0.2) is 0 Å². The smallest absolute Gasteiger partial charge is 0.303 e. The molecule has 3 nitrogen and oxygen atoms in total. The van der Waals surface area contributed by atoms with E-state index in [1.54, 1.807) is 0 Å². The molecule has 0 bridgehead atoms. The van der Waals surface area contributed by atoms with E-state index >= 15 is 0 Å². The van der Waals surface area contributed by atoms with Gasteiger partial charge in [-0.05, 0) is 66.6 Å². The minimum atomic E-state index is -0.242. The molecule has 4 aliphatic carbocycles. The summed E-state index contributed by atoms with van der Waals surface area (Å²) in [6.45, 7) is 6.08. The van der Waals surface area contributed by atoms with Crippen LogP contribution < -0.4 is 0 Å². The zero-order valence-electron chi connectivity index (χ0n) is 14.9. The predicted octanol–water partition coefficient (Wildman–Crippen LogP) is 3.79. The molecule has 0 amide bonds. The number of aliphatic hydroxyl groups excluding tert-OH is 1. The Morgan fingerprint density at radius 1 is 1.21 bits per heavy atom. The molecule has 2 unspecified atom stereocenters. The number of ether oxygens (including phenoxy) is 1. The number of carbonyl (C=O) groups is 1. The van der Waals surface area contributed by atoms with E-state index in [4.69, 9.17) is 4.74 Å². The van der Waals surface area contributed by atoms with Crippen molar-refractivity contribution in [3.63, 3.8) is 0 Å². The fourth-order valence-electron chi connectivity index (χ4n) is 5.99. The van der Waals surface area contributed by atoms with Crippen molar-refractivity contribution >= 4 is 5.97 Å². The van der Waals surface area contributed by atoms with Crippen molar-refractivity contribution in [1.29, 1.82) is 0 Å². The summed E-state index contributed by atoms with van der Waals surface area (Å²) >= 11 is 0. The minimum absolute atomic E-state index is 0.0188. The van der Waals surface area contributed by atoms with Crippen LogP contribution in [0.15, 0.2) is 36.0 Å². The van der Waals surface area contributed by atoms with Crippen LogP contribution in [0.3, 0.4) is 0 Å². The molecular weight excluding hydrogens is 300 g/mol. The first kappa shape index (κ1) is 16.1. The molecule has 2 fully saturated rings. The number of rotatable bonds is 1. The Hall–Kier alpha value is -1.35. The van der Waals surface area contributed by atoms with E-state index < -0.39 is 0 Å². The lowest BCUT2D eigenvalue weighted by atomic mass is 9.50. The molecule has 0 aromatic carbocycles. The average Bonchev–Trinajstić information content (AvgIpc) is 2.83. The van der Waals surface area contributed by atoms with Gasteiger partial charge in [-0.1, -0.05) is 32.1 Å². The average molecular weight is 328 g/mol. The van der Waals surface area contributed by atoms with Crippen molar-refractivity contribution in [2.75, 3.05) is 0 Å². The van der Waals surface area contributed by atoms with Gasteiger partial charge in [0, 0.05) is 12.3 Å². The van der Waals surface area contributed by atoms with E-state index in [2.05, 4.69) is 38.2 Å². The van der Waals surface area contributed by atoms with E-state index in [1.165, 1.54) is 12.5 Å². The minimum Gasteiger partial charge on any atom is -0.454 e. The van der Waals surface area contributed by atoms with Gasteiger partial charge in [0.1, 0.15) is 6.10 Å². The molecule has 0 radical (unpaired) electrons. The van der Waals surface area contributed by atoms with Crippen LogP contribution in [0.4, 0.5) is 0 Å². The van der Waals surface area contributed by atoms with Gasteiger partial charge in [0.05, 0.1) is 6.10 Å². The quantitative estimate of drug-likeness (QED) is 0.588. The summed E-state index contributed by atoms with van der Waals surface area (Å²) in [4.78, 5) is 11.2. The van der Waals surface area contributed by atoms with Crippen molar-refractivity contribution in [2.45, 2.75) is 58.7 Å². The second-order valence-corrected chi connectivity index (χ2v) is 8.62. The van der Waals surface area contributed by atoms with Crippen LogP contribution in [0.2, 0.25) is 0 Å².